The summed E-state index contributed by atoms with van der Waals surface area (Å²) in [7, 11) is 4.47. The van der Waals surface area contributed by atoms with Gasteiger partial charge in [0.2, 0.25) is 0 Å². The Balaban J connectivity index is 1.77. The van der Waals surface area contributed by atoms with Gasteiger partial charge in [0.1, 0.15) is 11.6 Å². The summed E-state index contributed by atoms with van der Waals surface area (Å²) in [6.45, 7) is 0. The van der Waals surface area contributed by atoms with Crippen molar-refractivity contribution in [1.82, 2.24) is 4.98 Å². The Morgan fingerprint density at radius 2 is 1.79 bits per heavy atom. The lowest BCUT2D eigenvalue weighted by Crippen LogP contribution is -2.13. The SMILES string of the molecule is COc1cc(OC)c(C(=O)Nc2ncc(Cc3cccc(F)c3)s2)cc1OC. The standard InChI is InChI=1S/C20H19FN2O4S/c1-25-16-10-18(27-3)17(26-2)9-15(16)19(24)23-20-22-11-14(28-20)8-12-5-4-6-13(21)7-12/h4-7,9-11H,8H2,1-3H3,(H,22,23,24). The minimum absolute atomic E-state index is 0.281. The Morgan fingerprint density at radius 3 is 2.46 bits per heavy atom. The summed E-state index contributed by atoms with van der Waals surface area (Å²) in [6, 6.07) is 9.53. The van der Waals surface area contributed by atoms with E-state index in [9.17, 15) is 9.18 Å². The van der Waals surface area contributed by atoms with Gasteiger partial charge in [-0.05, 0) is 17.7 Å². The number of rotatable bonds is 7. The van der Waals surface area contributed by atoms with Crippen LogP contribution in [0.15, 0.2) is 42.6 Å². The zero-order valence-electron chi connectivity index (χ0n) is 15.6. The van der Waals surface area contributed by atoms with Gasteiger partial charge >= 0.3 is 0 Å². The molecule has 0 atom stereocenters. The first kappa shape index (κ1) is 19.6. The molecule has 28 heavy (non-hydrogen) atoms. The third-order valence-corrected chi connectivity index (χ3v) is 4.90. The summed E-state index contributed by atoms with van der Waals surface area (Å²) in [5, 5.41) is 3.20. The topological polar surface area (TPSA) is 69.7 Å². The van der Waals surface area contributed by atoms with Crippen LogP contribution in [0.25, 0.3) is 0 Å². The number of benzene rings is 2. The van der Waals surface area contributed by atoms with Crippen LogP contribution in [0.2, 0.25) is 0 Å². The van der Waals surface area contributed by atoms with E-state index in [0.29, 0.717) is 34.4 Å². The fourth-order valence-electron chi connectivity index (χ4n) is 2.67. The molecule has 2 aromatic carbocycles. The fourth-order valence-corrected chi connectivity index (χ4v) is 3.51. The first-order valence-corrected chi connectivity index (χ1v) is 9.16. The van der Waals surface area contributed by atoms with Gasteiger partial charge in [0, 0.05) is 29.6 Å². The molecule has 0 fully saturated rings. The third kappa shape index (κ3) is 4.40. The highest BCUT2D eigenvalue weighted by Crippen LogP contribution is 2.35. The number of methoxy groups -OCH3 is 3. The van der Waals surface area contributed by atoms with Gasteiger partial charge in [-0.2, -0.15) is 0 Å². The predicted molar refractivity (Wildman–Crippen MR) is 105 cm³/mol. The maximum Gasteiger partial charge on any atom is 0.261 e. The van der Waals surface area contributed by atoms with Crippen molar-refractivity contribution >= 4 is 22.4 Å². The molecule has 0 saturated heterocycles. The Hall–Kier alpha value is -3.13. The number of anilines is 1. The molecule has 8 heteroatoms. The van der Waals surface area contributed by atoms with Gasteiger partial charge in [-0.25, -0.2) is 9.37 Å². The van der Waals surface area contributed by atoms with Gasteiger partial charge in [0.15, 0.2) is 16.6 Å². The molecule has 0 aliphatic carbocycles. The normalized spacial score (nSPS) is 10.4. The van der Waals surface area contributed by atoms with Gasteiger partial charge in [0.05, 0.1) is 26.9 Å². The van der Waals surface area contributed by atoms with Crippen molar-refractivity contribution in [3.05, 3.63) is 64.4 Å². The molecule has 0 aliphatic heterocycles. The van der Waals surface area contributed by atoms with E-state index in [4.69, 9.17) is 14.2 Å². The number of hydrogen-bond acceptors (Lipinski definition) is 6. The molecule has 1 N–H and O–H groups in total. The molecule has 3 rings (SSSR count). The summed E-state index contributed by atoms with van der Waals surface area (Å²) < 4.78 is 29.1. The van der Waals surface area contributed by atoms with E-state index in [0.717, 1.165) is 10.4 Å². The van der Waals surface area contributed by atoms with Gasteiger partial charge in [-0.1, -0.05) is 12.1 Å². The van der Waals surface area contributed by atoms with Crippen LogP contribution < -0.4 is 19.5 Å². The lowest BCUT2D eigenvalue weighted by Gasteiger charge is -2.13. The third-order valence-electron chi connectivity index (χ3n) is 3.99. The fraction of sp³-hybridized carbons (Fsp3) is 0.200. The van der Waals surface area contributed by atoms with Crippen molar-refractivity contribution in [2.75, 3.05) is 26.6 Å². The van der Waals surface area contributed by atoms with Crippen LogP contribution in [0.1, 0.15) is 20.8 Å². The minimum Gasteiger partial charge on any atom is -0.496 e. The van der Waals surface area contributed by atoms with E-state index in [1.54, 1.807) is 24.4 Å². The van der Waals surface area contributed by atoms with Gasteiger partial charge in [-0.3, -0.25) is 10.1 Å². The molecule has 6 nitrogen and oxygen atoms in total. The second kappa shape index (κ2) is 8.71. The number of hydrogen-bond donors (Lipinski definition) is 1. The zero-order chi connectivity index (χ0) is 20.1. The number of halogens is 1. The van der Waals surface area contributed by atoms with Crippen molar-refractivity contribution < 1.29 is 23.4 Å². The average molecular weight is 402 g/mol. The molecule has 0 saturated carbocycles. The Morgan fingerprint density at radius 1 is 1.07 bits per heavy atom. The molecule has 1 amide bonds. The molecule has 0 bridgehead atoms. The Kier molecular flexibility index (Phi) is 6.10. The van der Waals surface area contributed by atoms with E-state index >= 15 is 0 Å². The second-order valence-electron chi connectivity index (χ2n) is 5.80. The smallest absolute Gasteiger partial charge is 0.261 e. The molecule has 3 aromatic rings. The number of thiazole rings is 1. The average Bonchev–Trinajstić information content (AvgIpc) is 3.13. The molecule has 0 radical (unpaired) electrons. The van der Waals surface area contributed by atoms with E-state index < -0.39 is 0 Å². The summed E-state index contributed by atoms with van der Waals surface area (Å²) in [4.78, 5) is 17.8. The van der Waals surface area contributed by atoms with Crippen molar-refractivity contribution in [1.29, 1.82) is 0 Å². The van der Waals surface area contributed by atoms with Crippen LogP contribution in [0.5, 0.6) is 17.2 Å². The summed E-state index contributed by atoms with van der Waals surface area (Å²) in [5.41, 5.74) is 1.13. The van der Waals surface area contributed by atoms with Crippen LogP contribution in [0, 0.1) is 5.82 Å². The van der Waals surface area contributed by atoms with Crippen LogP contribution in [-0.2, 0) is 6.42 Å². The zero-order valence-corrected chi connectivity index (χ0v) is 16.4. The van der Waals surface area contributed by atoms with Gasteiger partial charge < -0.3 is 14.2 Å². The minimum atomic E-state index is -0.385. The monoisotopic (exact) mass is 402 g/mol. The molecule has 0 aliphatic rings. The van der Waals surface area contributed by atoms with E-state index in [1.807, 2.05) is 6.07 Å². The lowest BCUT2D eigenvalue weighted by molar-refractivity contribution is 0.102. The number of aromatic nitrogens is 1. The molecule has 1 heterocycles. The summed E-state index contributed by atoms with van der Waals surface area (Å²) >= 11 is 1.33. The van der Waals surface area contributed by atoms with E-state index in [-0.39, 0.29) is 11.7 Å². The van der Waals surface area contributed by atoms with Crippen LogP contribution >= 0.6 is 11.3 Å². The van der Waals surface area contributed by atoms with E-state index in [1.165, 1.54) is 44.8 Å². The highest BCUT2D eigenvalue weighted by Gasteiger charge is 2.19. The first-order chi connectivity index (χ1) is 13.5. The summed E-state index contributed by atoms with van der Waals surface area (Å²) in [6.07, 6.45) is 2.20. The number of carbonyl (C=O) groups excluding carboxylic acids is 1. The van der Waals surface area contributed by atoms with Gasteiger partial charge in [0.25, 0.3) is 5.91 Å². The van der Waals surface area contributed by atoms with Crippen molar-refractivity contribution in [2.45, 2.75) is 6.42 Å². The molecule has 146 valence electrons. The van der Waals surface area contributed by atoms with Crippen molar-refractivity contribution in [3.8, 4) is 17.2 Å². The Labute approximate surface area is 165 Å². The number of nitrogens with zero attached hydrogens (tertiary/aromatic N) is 1. The number of nitrogens with one attached hydrogen (secondary N) is 1. The largest absolute Gasteiger partial charge is 0.496 e. The molecule has 0 spiro atoms. The van der Waals surface area contributed by atoms with Gasteiger partial charge in [-0.15, -0.1) is 11.3 Å². The second-order valence-corrected chi connectivity index (χ2v) is 6.92. The Bertz CT molecular complexity index is 990. The first-order valence-electron chi connectivity index (χ1n) is 8.34. The molecular formula is C20H19FN2O4S. The quantitative estimate of drug-likeness (QED) is 0.643. The van der Waals surface area contributed by atoms with Crippen molar-refractivity contribution in [3.63, 3.8) is 0 Å². The van der Waals surface area contributed by atoms with Crippen molar-refractivity contribution in [2.24, 2.45) is 0 Å². The predicted octanol–water partition coefficient (Wildman–Crippen LogP) is 4.15. The highest BCUT2D eigenvalue weighted by molar-refractivity contribution is 7.15. The highest BCUT2D eigenvalue weighted by atomic mass is 32.1. The van der Waals surface area contributed by atoms with Crippen LogP contribution in [0.4, 0.5) is 9.52 Å². The number of ether oxygens (including phenoxy) is 3. The maximum absolute atomic E-state index is 13.3. The maximum atomic E-state index is 13.3. The van der Waals surface area contributed by atoms with Crippen LogP contribution in [-0.4, -0.2) is 32.2 Å². The molecule has 0 unspecified atom stereocenters. The number of carbonyl (C=O) groups is 1. The molecular weight excluding hydrogens is 383 g/mol. The van der Waals surface area contributed by atoms with E-state index in [2.05, 4.69) is 10.3 Å². The lowest BCUT2D eigenvalue weighted by atomic mass is 10.1. The number of amides is 1. The molecule has 1 aromatic heterocycles. The van der Waals surface area contributed by atoms with Crippen LogP contribution in [0.3, 0.4) is 0 Å². The summed E-state index contributed by atoms with van der Waals surface area (Å²) in [5.74, 6) is 0.564.